The van der Waals surface area contributed by atoms with Crippen molar-refractivity contribution in [1.82, 2.24) is 15.1 Å². The molecule has 1 fully saturated rings. The van der Waals surface area contributed by atoms with Crippen LogP contribution in [-0.4, -0.2) is 66.7 Å². The summed E-state index contributed by atoms with van der Waals surface area (Å²) in [6.45, 7) is 7.83. The number of hydrogen-bond acceptors (Lipinski definition) is 4. The lowest BCUT2D eigenvalue weighted by Gasteiger charge is -2.29. The molecule has 0 amide bonds. The summed E-state index contributed by atoms with van der Waals surface area (Å²) in [7, 11) is 2.09. The van der Waals surface area contributed by atoms with E-state index >= 15 is 0 Å². The minimum atomic E-state index is -0.0876. The van der Waals surface area contributed by atoms with Crippen LogP contribution in [-0.2, 0) is 6.54 Å². The van der Waals surface area contributed by atoms with E-state index < -0.39 is 0 Å². The number of guanidine groups is 1. The molecule has 7 heteroatoms. The number of aliphatic hydroxyl groups excluding tert-OH is 1. The van der Waals surface area contributed by atoms with Gasteiger partial charge < -0.3 is 20.2 Å². The SMILES string of the molecule is CCNC(=NCCCN1CCC(O)CC1)N(C)Cc1ccsc1.I. The maximum atomic E-state index is 9.54. The molecule has 1 aromatic heterocycles. The highest BCUT2D eigenvalue weighted by atomic mass is 127. The Morgan fingerprint density at radius 2 is 2.21 bits per heavy atom. The molecule has 0 atom stereocenters. The molecule has 2 heterocycles. The van der Waals surface area contributed by atoms with Crippen molar-refractivity contribution < 1.29 is 5.11 Å². The number of likely N-dealkylation sites (tertiary alicyclic amines) is 1. The van der Waals surface area contributed by atoms with E-state index in [1.54, 1.807) is 11.3 Å². The van der Waals surface area contributed by atoms with Gasteiger partial charge in [0.1, 0.15) is 0 Å². The van der Waals surface area contributed by atoms with E-state index in [1.165, 1.54) is 5.56 Å². The van der Waals surface area contributed by atoms with Gasteiger partial charge in [-0.05, 0) is 55.1 Å². The summed E-state index contributed by atoms with van der Waals surface area (Å²) in [5.74, 6) is 0.979. The number of halogens is 1. The molecular formula is C17H31IN4OS. The van der Waals surface area contributed by atoms with Crippen LogP contribution in [0.3, 0.4) is 0 Å². The monoisotopic (exact) mass is 466 g/mol. The molecule has 1 saturated heterocycles. The number of rotatable bonds is 7. The van der Waals surface area contributed by atoms with Crippen molar-refractivity contribution in [3.63, 3.8) is 0 Å². The first kappa shape index (κ1) is 21.7. The molecule has 24 heavy (non-hydrogen) atoms. The lowest BCUT2D eigenvalue weighted by molar-refractivity contribution is 0.0824. The van der Waals surface area contributed by atoms with Crippen LogP contribution in [0, 0.1) is 0 Å². The average molecular weight is 466 g/mol. The largest absolute Gasteiger partial charge is 0.393 e. The molecule has 0 aromatic carbocycles. The highest BCUT2D eigenvalue weighted by Crippen LogP contribution is 2.10. The zero-order chi connectivity index (χ0) is 16.5. The van der Waals surface area contributed by atoms with E-state index in [9.17, 15) is 5.11 Å². The zero-order valence-corrected chi connectivity index (χ0v) is 17.9. The highest BCUT2D eigenvalue weighted by molar-refractivity contribution is 14.0. The molecule has 0 aliphatic carbocycles. The van der Waals surface area contributed by atoms with Gasteiger partial charge in [0.05, 0.1) is 6.10 Å². The molecule has 1 aliphatic rings. The summed E-state index contributed by atoms with van der Waals surface area (Å²) in [4.78, 5) is 9.37. The molecular weight excluding hydrogens is 435 g/mol. The molecule has 0 unspecified atom stereocenters. The summed E-state index contributed by atoms with van der Waals surface area (Å²) in [6.07, 6.45) is 2.80. The summed E-state index contributed by atoms with van der Waals surface area (Å²) in [6, 6.07) is 2.16. The second kappa shape index (κ2) is 12.1. The third kappa shape index (κ3) is 7.67. The molecule has 0 radical (unpaired) electrons. The van der Waals surface area contributed by atoms with Crippen LogP contribution in [0.15, 0.2) is 21.8 Å². The van der Waals surface area contributed by atoms with Crippen LogP contribution in [0.25, 0.3) is 0 Å². The normalized spacial score (nSPS) is 16.7. The Bertz CT molecular complexity index is 461. The first-order valence-corrected chi connectivity index (χ1v) is 9.54. The Labute approximate surface area is 167 Å². The van der Waals surface area contributed by atoms with Crippen LogP contribution in [0.1, 0.15) is 31.7 Å². The fourth-order valence-corrected chi connectivity index (χ4v) is 3.48. The molecule has 138 valence electrons. The molecule has 2 rings (SSSR count). The van der Waals surface area contributed by atoms with Crippen LogP contribution in [0.4, 0.5) is 0 Å². The second-order valence-corrected chi connectivity index (χ2v) is 6.93. The fraction of sp³-hybridized carbons (Fsp3) is 0.706. The Morgan fingerprint density at radius 3 is 2.83 bits per heavy atom. The average Bonchev–Trinajstić information content (AvgIpc) is 3.05. The smallest absolute Gasteiger partial charge is 0.193 e. The van der Waals surface area contributed by atoms with Gasteiger partial charge in [-0.3, -0.25) is 4.99 Å². The van der Waals surface area contributed by atoms with Crippen LogP contribution >= 0.6 is 35.3 Å². The molecule has 5 nitrogen and oxygen atoms in total. The molecule has 0 saturated carbocycles. The Morgan fingerprint density at radius 1 is 1.46 bits per heavy atom. The van der Waals surface area contributed by atoms with Gasteiger partial charge in [-0.25, -0.2) is 0 Å². The summed E-state index contributed by atoms with van der Waals surface area (Å²) < 4.78 is 0. The molecule has 0 spiro atoms. The Hall–Kier alpha value is -0.380. The number of aliphatic imine (C=N–C) groups is 1. The summed E-state index contributed by atoms with van der Waals surface area (Å²) >= 11 is 1.73. The number of nitrogens with one attached hydrogen (secondary N) is 1. The topological polar surface area (TPSA) is 51.1 Å². The van der Waals surface area contributed by atoms with E-state index in [0.29, 0.717) is 0 Å². The minimum Gasteiger partial charge on any atom is -0.393 e. The van der Waals surface area contributed by atoms with E-state index in [2.05, 4.69) is 45.9 Å². The van der Waals surface area contributed by atoms with Gasteiger partial charge in [-0.1, -0.05) is 0 Å². The van der Waals surface area contributed by atoms with Crippen molar-refractivity contribution in [2.24, 2.45) is 4.99 Å². The van der Waals surface area contributed by atoms with Gasteiger partial charge >= 0.3 is 0 Å². The molecule has 0 bridgehead atoms. The van der Waals surface area contributed by atoms with Crippen LogP contribution in [0.2, 0.25) is 0 Å². The minimum absolute atomic E-state index is 0. The van der Waals surface area contributed by atoms with Gasteiger partial charge in [0.25, 0.3) is 0 Å². The van der Waals surface area contributed by atoms with Crippen molar-refractivity contribution >= 4 is 41.3 Å². The summed E-state index contributed by atoms with van der Waals surface area (Å²) in [5.41, 5.74) is 1.33. The number of aliphatic hydroxyl groups is 1. The Kier molecular flexibility index (Phi) is 10.9. The van der Waals surface area contributed by atoms with Gasteiger partial charge in [0.2, 0.25) is 0 Å². The van der Waals surface area contributed by atoms with Crippen molar-refractivity contribution in [3.05, 3.63) is 22.4 Å². The van der Waals surface area contributed by atoms with Crippen molar-refractivity contribution in [2.75, 3.05) is 39.8 Å². The highest BCUT2D eigenvalue weighted by Gasteiger charge is 2.16. The van der Waals surface area contributed by atoms with E-state index in [-0.39, 0.29) is 30.1 Å². The second-order valence-electron chi connectivity index (χ2n) is 6.15. The van der Waals surface area contributed by atoms with Crippen molar-refractivity contribution in [3.8, 4) is 0 Å². The van der Waals surface area contributed by atoms with E-state index in [1.807, 2.05) is 0 Å². The first-order valence-electron chi connectivity index (χ1n) is 8.60. The maximum Gasteiger partial charge on any atom is 0.193 e. The number of nitrogens with zero attached hydrogens (tertiary/aromatic N) is 3. The number of thiophene rings is 1. The van der Waals surface area contributed by atoms with Gasteiger partial charge in [0.15, 0.2) is 5.96 Å². The van der Waals surface area contributed by atoms with Gasteiger partial charge in [-0.15, -0.1) is 24.0 Å². The fourth-order valence-electron chi connectivity index (χ4n) is 2.82. The van der Waals surface area contributed by atoms with Crippen molar-refractivity contribution in [2.45, 2.75) is 38.8 Å². The lowest BCUT2D eigenvalue weighted by atomic mass is 10.1. The summed E-state index contributed by atoms with van der Waals surface area (Å²) in [5, 5.41) is 17.2. The quantitative estimate of drug-likeness (QED) is 0.281. The number of hydrogen-bond donors (Lipinski definition) is 2. The molecule has 1 aliphatic heterocycles. The third-order valence-corrected chi connectivity index (χ3v) is 4.88. The molecule has 1 aromatic rings. The predicted octanol–water partition coefficient (Wildman–Crippen LogP) is 2.61. The lowest BCUT2D eigenvalue weighted by Crippen LogP contribution is -2.39. The van der Waals surface area contributed by atoms with Crippen LogP contribution < -0.4 is 5.32 Å². The number of piperidine rings is 1. The Balaban J connectivity index is 0.00000288. The first-order chi connectivity index (χ1) is 11.2. The maximum absolute atomic E-state index is 9.54. The van der Waals surface area contributed by atoms with E-state index in [0.717, 1.165) is 64.5 Å². The van der Waals surface area contributed by atoms with Gasteiger partial charge in [0, 0.05) is 39.8 Å². The molecule has 2 N–H and O–H groups in total. The van der Waals surface area contributed by atoms with Gasteiger partial charge in [-0.2, -0.15) is 11.3 Å². The zero-order valence-electron chi connectivity index (χ0n) is 14.8. The van der Waals surface area contributed by atoms with Crippen molar-refractivity contribution in [1.29, 1.82) is 0 Å². The predicted molar refractivity (Wildman–Crippen MR) is 113 cm³/mol. The van der Waals surface area contributed by atoms with Crippen LogP contribution in [0.5, 0.6) is 0 Å². The van der Waals surface area contributed by atoms with E-state index in [4.69, 9.17) is 4.99 Å². The third-order valence-electron chi connectivity index (χ3n) is 4.15. The standard InChI is InChI=1S/C17H30N4OS.HI/c1-3-18-17(20(2)13-15-7-12-23-14-15)19-8-4-9-21-10-5-16(22)6-11-21;/h7,12,14,16,22H,3-6,8-11,13H2,1-2H3,(H,18,19);1H.